The summed E-state index contributed by atoms with van der Waals surface area (Å²) in [5, 5.41) is 0. The van der Waals surface area contributed by atoms with Crippen molar-refractivity contribution in [2.45, 2.75) is 26.4 Å². The summed E-state index contributed by atoms with van der Waals surface area (Å²) in [7, 11) is -3.10. The van der Waals surface area contributed by atoms with Crippen LogP contribution in [0.1, 0.15) is 18.9 Å². The lowest BCUT2D eigenvalue weighted by atomic mass is 10.3. The molecule has 1 aromatic heterocycles. The zero-order valence-corrected chi connectivity index (χ0v) is 11.5. The largest absolute Gasteiger partial charge is 0.473 e. The lowest BCUT2D eigenvalue weighted by Crippen LogP contribution is -2.32. The molecule has 0 aromatic carbocycles. The Morgan fingerprint density at radius 1 is 1.50 bits per heavy atom. The number of nitrogens with zero attached hydrogens (tertiary/aromatic N) is 2. The monoisotopic (exact) mass is 270 g/mol. The Kier molecular flexibility index (Phi) is 3.87. The fraction of sp³-hybridized carbons (Fsp3) is 0.583. The van der Waals surface area contributed by atoms with Gasteiger partial charge in [-0.2, -0.15) is 4.31 Å². The van der Waals surface area contributed by atoms with E-state index in [2.05, 4.69) is 4.98 Å². The van der Waals surface area contributed by atoms with Gasteiger partial charge in [0.05, 0.1) is 12.3 Å². The number of sulfonamides is 1. The standard InChI is InChI=1S/C12H18N2O3S/c1-3-18(15,16)14-7-6-11(9-14)17-12-5-4-10(2)8-13-12/h4-5,8,11H,3,6-7,9H2,1-2H3/t11-/m1/s1. The normalized spacial score (nSPS) is 21.1. The average Bonchev–Trinajstić information content (AvgIpc) is 2.81. The number of hydrogen-bond donors (Lipinski definition) is 0. The molecule has 0 spiro atoms. The molecule has 2 heterocycles. The summed E-state index contributed by atoms with van der Waals surface area (Å²) < 4.78 is 30.6. The lowest BCUT2D eigenvalue weighted by molar-refractivity contribution is 0.207. The predicted molar refractivity (Wildman–Crippen MR) is 69.0 cm³/mol. The summed E-state index contributed by atoms with van der Waals surface area (Å²) >= 11 is 0. The van der Waals surface area contributed by atoms with E-state index in [9.17, 15) is 8.42 Å². The molecule has 5 nitrogen and oxygen atoms in total. The summed E-state index contributed by atoms with van der Waals surface area (Å²) in [6, 6.07) is 3.74. The van der Waals surface area contributed by atoms with Crippen molar-refractivity contribution < 1.29 is 13.2 Å². The fourth-order valence-electron chi connectivity index (χ4n) is 1.92. The van der Waals surface area contributed by atoms with Crippen LogP contribution in [0.2, 0.25) is 0 Å². The fourth-order valence-corrected chi connectivity index (χ4v) is 3.07. The van der Waals surface area contributed by atoms with Crippen molar-refractivity contribution in [1.29, 1.82) is 0 Å². The molecular formula is C12H18N2O3S. The molecule has 0 saturated carbocycles. The number of pyridine rings is 1. The van der Waals surface area contributed by atoms with Crippen molar-refractivity contribution in [3.05, 3.63) is 23.9 Å². The van der Waals surface area contributed by atoms with E-state index in [0.29, 0.717) is 19.0 Å². The first-order chi connectivity index (χ1) is 8.51. The Hall–Kier alpha value is -1.14. The van der Waals surface area contributed by atoms with Gasteiger partial charge in [0.1, 0.15) is 6.10 Å². The highest BCUT2D eigenvalue weighted by Gasteiger charge is 2.31. The maximum atomic E-state index is 11.7. The van der Waals surface area contributed by atoms with Crippen LogP contribution in [0.4, 0.5) is 0 Å². The van der Waals surface area contributed by atoms with E-state index < -0.39 is 10.0 Å². The van der Waals surface area contributed by atoms with Crippen molar-refractivity contribution in [2.24, 2.45) is 0 Å². The molecule has 1 fully saturated rings. The average molecular weight is 270 g/mol. The first-order valence-electron chi connectivity index (χ1n) is 6.08. The van der Waals surface area contributed by atoms with E-state index >= 15 is 0 Å². The van der Waals surface area contributed by atoms with Gasteiger partial charge in [0.2, 0.25) is 15.9 Å². The lowest BCUT2D eigenvalue weighted by Gasteiger charge is -2.15. The predicted octanol–water partition coefficient (Wildman–Crippen LogP) is 1.19. The van der Waals surface area contributed by atoms with Crippen LogP contribution >= 0.6 is 0 Å². The summed E-state index contributed by atoms with van der Waals surface area (Å²) in [5.41, 5.74) is 1.07. The van der Waals surface area contributed by atoms with Crippen molar-refractivity contribution in [2.75, 3.05) is 18.8 Å². The van der Waals surface area contributed by atoms with Gasteiger partial charge in [-0.15, -0.1) is 0 Å². The van der Waals surface area contributed by atoms with Gasteiger partial charge in [-0.1, -0.05) is 6.07 Å². The first kappa shape index (κ1) is 13.3. The van der Waals surface area contributed by atoms with Gasteiger partial charge in [-0.3, -0.25) is 0 Å². The third kappa shape index (κ3) is 3.00. The van der Waals surface area contributed by atoms with Gasteiger partial charge in [-0.05, 0) is 25.8 Å². The van der Waals surface area contributed by atoms with Crippen molar-refractivity contribution in [1.82, 2.24) is 9.29 Å². The van der Waals surface area contributed by atoms with Gasteiger partial charge in [0, 0.05) is 18.8 Å². The maximum absolute atomic E-state index is 11.7. The number of aryl methyl sites for hydroxylation is 1. The second kappa shape index (κ2) is 5.24. The van der Waals surface area contributed by atoms with Crippen LogP contribution in [-0.4, -0.2) is 42.7 Å². The van der Waals surface area contributed by atoms with Crippen molar-refractivity contribution in [3.8, 4) is 5.88 Å². The zero-order chi connectivity index (χ0) is 13.2. The molecule has 100 valence electrons. The quantitative estimate of drug-likeness (QED) is 0.824. The Morgan fingerprint density at radius 3 is 2.89 bits per heavy atom. The third-order valence-corrected chi connectivity index (χ3v) is 4.89. The number of ether oxygens (including phenoxy) is 1. The van der Waals surface area contributed by atoms with Crippen LogP contribution in [0.15, 0.2) is 18.3 Å². The highest BCUT2D eigenvalue weighted by molar-refractivity contribution is 7.89. The number of aromatic nitrogens is 1. The molecule has 2 rings (SSSR count). The molecule has 1 aromatic rings. The molecule has 0 unspecified atom stereocenters. The topological polar surface area (TPSA) is 59.5 Å². The van der Waals surface area contributed by atoms with Gasteiger partial charge in [0.15, 0.2) is 0 Å². The number of rotatable bonds is 4. The molecule has 1 aliphatic rings. The second-order valence-corrected chi connectivity index (χ2v) is 6.72. The van der Waals surface area contributed by atoms with E-state index in [1.807, 2.05) is 19.1 Å². The third-order valence-electron chi connectivity index (χ3n) is 3.04. The van der Waals surface area contributed by atoms with Crippen LogP contribution in [0.3, 0.4) is 0 Å². The van der Waals surface area contributed by atoms with E-state index in [1.165, 1.54) is 4.31 Å². The van der Waals surface area contributed by atoms with Gasteiger partial charge in [0.25, 0.3) is 0 Å². The SMILES string of the molecule is CCS(=O)(=O)N1CC[C@@H](Oc2ccc(C)cn2)C1. The van der Waals surface area contributed by atoms with Crippen LogP contribution in [0.25, 0.3) is 0 Å². The summed E-state index contributed by atoms with van der Waals surface area (Å²) in [6.45, 7) is 4.57. The van der Waals surface area contributed by atoms with Crippen LogP contribution in [0, 0.1) is 6.92 Å². The second-order valence-electron chi connectivity index (χ2n) is 4.46. The van der Waals surface area contributed by atoms with Gasteiger partial charge in [-0.25, -0.2) is 13.4 Å². The molecule has 0 N–H and O–H groups in total. The van der Waals surface area contributed by atoms with E-state index in [-0.39, 0.29) is 11.9 Å². The van der Waals surface area contributed by atoms with E-state index in [4.69, 9.17) is 4.74 Å². The summed E-state index contributed by atoms with van der Waals surface area (Å²) in [4.78, 5) is 4.16. The minimum Gasteiger partial charge on any atom is -0.473 e. The summed E-state index contributed by atoms with van der Waals surface area (Å²) in [6.07, 6.45) is 2.36. The van der Waals surface area contributed by atoms with Crippen LogP contribution in [-0.2, 0) is 10.0 Å². The molecule has 1 atom stereocenters. The molecule has 0 amide bonds. The van der Waals surface area contributed by atoms with Crippen LogP contribution in [0.5, 0.6) is 5.88 Å². The minimum atomic E-state index is -3.10. The minimum absolute atomic E-state index is 0.0958. The number of hydrogen-bond acceptors (Lipinski definition) is 4. The molecule has 1 saturated heterocycles. The van der Waals surface area contributed by atoms with Gasteiger partial charge >= 0.3 is 0 Å². The molecule has 1 aliphatic heterocycles. The highest BCUT2D eigenvalue weighted by atomic mass is 32.2. The Morgan fingerprint density at radius 2 is 2.28 bits per heavy atom. The molecule has 6 heteroatoms. The maximum Gasteiger partial charge on any atom is 0.213 e. The van der Waals surface area contributed by atoms with Crippen molar-refractivity contribution in [3.63, 3.8) is 0 Å². The molecule has 0 aliphatic carbocycles. The molecule has 18 heavy (non-hydrogen) atoms. The highest BCUT2D eigenvalue weighted by Crippen LogP contribution is 2.19. The molecular weight excluding hydrogens is 252 g/mol. The van der Waals surface area contributed by atoms with E-state index in [1.54, 1.807) is 13.1 Å². The van der Waals surface area contributed by atoms with Crippen LogP contribution < -0.4 is 4.74 Å². The zero-order valence-electron chi connectivity index (χ0n) is 10.7. The molecule has 0 bridgehead atoms. The Bertz CT molecular complexity index is 499. The summed E-state index contributed by atoms with van der Waals surface area (Å²) in [5.74, 6) is 0.698. The Balaban J connectivity index is 1.96. The smallest absolute Gasteiger partial charge is 0.213 e. The van der Waals surface area contributed by atoms with Gasteiger partial charge < -0.3 is 4.74 Å². The Labute approximate surface area is 108 Å². The van der Waals surface area contributed by atoms with E-state index in [0.717, 1.165) is 12.0 Å². The first-order valence-corrected chi connectivity index (χ1v) is 7.69. The molecule has 0 radical (unpaired) electrons. The van der Waals surface area contributed by atoms with Crippen molar-refractivity contribution >= 4 is 10.0 Å².